The van der Waals surface area contributed by atoms with Crippen molar-refractivity contribution in [2.45, 2.75) is 45.3 Å². The van der Waals surface area contributed by atoms with Crippen LogP contribution in [0.25, 0.3) is 0 Å². The molecule has 4 rings (SSSR count). The minimum absolute atomic E-state index is 0.455. The summed E-state index contributed by atoms with van der Waals surface area (Å²) in [5, 5.41) is 9.18. The van der Waals surface area contributed by atoms with Gasteiger partial charge in [-0.05, 0) is 48.1 Å². The monoisotopic (exact) mass is 331 g/mol. The lowest BCUT2D eigenvalue weighted by molar-refractivity contribution is 0.0890. The largest absolute Gasteiger partial charge is 0.380 e. The average Bonchev–Trinajstić information content (AvgIpc) is 3.06. The van der Waals surface area contributed by atoms with Crippen molar-refractivity contribution >= 4 is 11.3 Å². The molecule has 1 fully saturated rings. The third-order valence-corrected chi connectivity index (χ3v) is 5.57. The van der Waals surface area contributed by atoms with Crippen LogP contribution in [0.3, 0.4) is 0 Å². The molecular formula is C18H25N3OS. The summed E-state index contributed by atoms with van der Waals surface area (Å²) in [6.07, 6.45) is 4.95. The molecule has 1 unspecified atom stereocenters. The Bertz CT molecular complexity index is 633. The van der Waals surface area contributed by atoms with Crippen LogP contribution >= 0.6 is 11.3 Å². The summed E-state index contributed by atoms with van der Waals surface area (Å²) in [5.74, 6) is 1.29. The second kappa shape index (κ2) is 6.75. The summed E-state index contributed by atoms with van der Waals surface area (Å²) in [7, 11) is 0. The van der Waals surface area contributed by atoms with E-state index in [4.69, 9.17) is 9.84 Å². The second-order valence-corrected chi connectivity index (χ2v) is 7.65. The zero-order valence-electron chi connectivity index (χ0n) is 13.8. The van der Waals surface area contributed by atoms with Gasteiger partial charge in [0.25, 0.3) is 0 Å². The first-order valence-corrected chi connectivity index (χ1v) is 9.63. The lowest BCUT2D eigenvalue weighted by atomic mass is 9.95. The topological polar surface area (TPSA) is 30.3 Å². The van der Waals surface area contributed by atoms with Crippen LogP contribution in [-0.4, -0.2) is 34.4 Å². The molecule has 5 heteroatoms. The molecule has 2 aromatic rings. The minimum atomic E-state index is 0.455. The van der Waals surface area contributed by atoms with E-state index in [0.717, 1.165) is 45.3 Å². The zero-order chi connectivity index (χ0) is 15.6. The van der Waals surface area contributed by atoms with Crippen molar-refractivity contribution in [2.75, 3.05) is 19.8 Å². The maximum atomic E-state index is 6.02. The first kappa shape index (κ1) is 15.4. The third kappa shape index (κ3) is 3.67. The molecule has 0 N–H and O–H groups in total. The molecule has 0 spiro atoms. The zero-order valence-corrected chi connectivity index (χ0v) is 14.6. The van der Waals surface area contributed by atoms with E-state index in [1.54, 1.807) is 11.3 Å². The highest BCUT2D eigenvalue weighted by molar-refractivity contribution is 7.07. The Balaban J connectivity index is 1.46. The van der Waals surface area contributed by atoms with Gasteiger partial charge in [-0.15, -0.1) is 0 Å². The number of ether oxygens (including phenoxy) is 1. The van der Waals surface area contributed by atoms with E-state index < -0.39 is 0 Å². The first-order valence-electron chi connectivity index (χ1n) is 8.69. The first-order chi connectivity index (χ1) is 11.3. The Hall–Kier alpha value is -1.17. The lowest BCUT2D eigenvalue weighted by Crippen LogP contribution is -2.34. The van der Waals surface area contributed by atoms with Crippen molar-refractivity contribution in [3.05, 3.63) is 39.8 Å². The molecule has 23 heavy (non-hydrogen) atoms. The van der Waals surface area contributed by atoms with Gasteiger partial charge < -0.3 is 4.74 Å². The van der Waals surface area contributed by atoms with Gasteiger partial charge in [0.2, 0.25) is 0 Å². The second-order valence-electron chi connectivity index (χ2n) is 6.87. The van der Waals surface area contributed by atoms with Gasteiger partial charge in [-0.2, -0.15) is 16.4 Å². The molecule has 2 aromatic heterocycles. The molecule has 0 aromatic carbocycles. The molecule has 0 saturated heterocycles. The molecule has 3 heterocycles. The van der Waals surface area contributed by atoms with Crippen molar-refractivity contribution in [3.8, 4) is 0 Å². The van der Waals surface area contributed by atoms with Crippen molar-refractivity contribution in [3.63, 3.8) is 0 Å². The van der Waals surface area contributed by atoms with E-state index in [-0.39, 0.29) is 0 Å². The summed E-state index contributed by atoms with van der Waals surface area (Å²) in [6.45, 7) is 7.91. The van der Waals surface area contributed by atoms with Gasteiger partial charge in [-0.3, -0.25) is 9.58 Å². The predicted octanol–water partition coefficient (Wildman–Crippen LogP) is 3.49. The maximum absolute atomic E-state index is 6.02. The smallest absolute Gasteiger partial charge is 0.0801 e. The van der Waals surface area contributed by atoms with Crippen molar-refractivity contribution in [1.82, 2.24) is 14.7 Å². The maximum Gasteiger partial charge on any atom is 0.0801 e. The lowest BCUT2D eigenvalue weighted by Gasteiger charge is -2.31. The molecule has 1 saturated carbocycles. The molecular weight excluding hydrogens is 306 g/mol. The Morgan fingerprint density at radius 3 is 3.00 bits per heavy atom. The van der Waals surface area contributed by atoms with Crippen molar-refractivity contribution in [1.29, 1.82) is 0 Å². The number of fused-ring (bicyclic) bond motifs is 1. The van der Waals surface area contributed by atoms with Crippen LogP contribution in [-0.2, 0) is 24.4 Å². The van der Waals surface area contributed by atoms with Gasteiger partial charge in [0.05, 0.1) is 12.3 Å². The number of aromatic nitrogens is 2. The molecule has 1 aliphatic carbocycles. The minimum Gasteiger partial charge on any atom is -0.380 e. The van der Waals surface area contributed by atoms with Crippen LogP contribution in [0.1, 0.15) is 42.5 Å². The van der Waals surface area contributed by atoms with Gasteiger partial charge in [0, 0.05) is 50.5 Å². The highest BCUT2D eigenvalue weighted by Crippen LogP contribution is 2.32. The van der Waals surface area contributed by atoms with Crippen molar-refractivity contribution in [2.24, 2.45) is 5.92 Å². The molecule has 124 valence electrons. The van der Waals surface area contributed by atoms with E-state index >= 15 is 0 Å². The summed E-state index contributed by atoms with van der Waals surface area (Å²) < 4.78 is 8.09. The van der Waals surface area contributed by atoms with Gasteiger partial charge >= 0.3 is 0 Å². The van der Waals surface area contributed by atoms with Crippen LogP contribution in [0, 0.1) is 5.92 Å². The summed E-state index contributed by atoms with van der Waals surface area (Å²) in [6, 6.07) is 2.23. The van der Waals surface area contributed by atoms with E-state index in [2.05, 4.69) is 39.5 Å². The van der Waals surface area contributed by atoms with Crippen LogP contribution in [0.15, 0.2) is 23.0 Å². The summed E-state index contributed by atoms with van der Waals surface area (Å²) >= 11 is 1.78. The van der Waals surface area contributed by atoms with Gasteiger partial charge in [-0.1, -0.05) is 0 Å². The van der Waals surface area contributed by atoms with Crippen LogP contribution < -0.4 is 0 Å². The van der Waals surface area contributed by atoms with Crippen LogP contribution in [0.2, 0.25) is 0 Å². The Morgan fingerprint density at radius 2 is 2.26 bits per heavy atom. The number of hydrogen-bond donors (Lipinski definition) is 0. The average molecular weight is 331 g/mol. The summed E-state index contributed by atoms with van der Waals surface area (Å²) in [5.41, 5.74) is 4.06. The number of nitrogens with zero attached hydrogens (tertiary/aromatic N) is 3. The summed E-state index contributed by atoms with van der Waals surface area (Å²) in [4.78, 5) is 2.52. The number of aryl methyl sites for hydroxylation is 1. The quantitative estimate of drug-likeness (QED) is 0.778. The molecule has 4 nitrogen and oxygen atoms in total. The number of hydrogen-bond acceptors (Lipinski definition) is 4. The van der Waals surface area contributed by atoms with Gasteiger partial charge in [-0.25, -0.2) is 0 Å². The highest BCUT2D eigenvalue weighted by Gasteiger charge is 2.29. The Kier molecular flexibility index (Phi) is 4.51. The Morgan fingerprint density at radius 1 is 1.35 bits per heavy atom. The molecule has 0 amide bonds. The Labute approximate surface area is 142 Å². The standard InChI is InChI=1S/C18H25N3OS/c1-2-21-9-17-16(12-22-11-14-3-4-14)8-20(10-18(17)19-21)7-15-5-6-23-13-15/h5-6,9,13-14,16H,2-4,7-8,10-12H2,1H3. The number of thiophene rings is 1. The fourth-order valence-electron chi connectivity index (χ4n) is 3.35. The SMILES string of the molecule is CCn1cc2c(n1)CN(Cc1ccsc1)CC2COCC1CC1. The van der Waals surface area contributed by atoms with E-state index in [1.165, 1.54) is 29.7 Å². The van der Waals surface area contributed by atoms with Gasteiger partial charge in [0.1, 0.15) is 0 Å². The fourth-order valence-corrected chi connectivity index (χ4v) is 4.01. The van der Waals surface area contributed by atoms with Crippen molar-refractivity contribution < 1.29 is 4.74 Å². The molecule has 1 aliphatic heterocycles. The molecule has 1 atom stereocenters. The molecule has 0 bridgehead atoms. The van der Waals surface area contributed by atoms with E-state index in [0.29, 0.717) is 5.92 Å². The van der Waals surface area contributed by atoms with Crippen LogP contribution in [0.4, 0.5) is 0 Å². The fraction of sp³-hybridized carbons (Fsp3) is 0.611. The van der Waals surface area contributed by atoms with Crippen LogP contribution in [0.5, 0.6) is 0 Å². The predicted molar refractivity (Wildman–Crippen MR) is 92.6 cm³/mol. The normalized spacial score (nSPS) is 21.5. The third-order valence-electron chi connectivity index (χ3n) is 4.84. The highest BCUT2D eigenvalue weighted by atomic mass is 32.1. The number of rotatable bonds is 7. The molecule has 0 radical (unpaired) electrons. The molecule has 2 aliphatic rings. The van der Waals surface area contributed by atoms with Gasteiger partial charge in [0.15, 0.2) is 0 Å². The van der Waals surface area contributed by atoms with E-state index in [1.807, 2.05) is 0 Å². The van der Waals surface area contributed by atoms with E-state index in [9.17, 15) is 0 Å².